The molecule has 1 atom stereocenters. The molecule has 1 aromatic carbocycles. The van der Waals surface area contributed by atoms with Gasteiger partial charge in [0.1, 0.15) is 0 Å². The number of nitrogens with zero attached hydrogens (tertiary/aromatic N) is 1. The maximum Gasteiger partial charge on any atom is 0.191 e. The first-order chi connectivity index (χ1) is 11.5. The third kappa shape index (κ3) is 5.79. The second kappa shape index (κ2) is 9.03. The minimum absolute atomic E-state index is 0.0654. The lowest BCUT2D eigenvalue weighted by atomic mass is 10.1. The zero-order chi connectivity index (χ0) is 17.4. The fourth-order valence-corrected chi connectivity index (χ4v) is 4.35. The van der Waals surface area contributed by atoms with E-state index in [0.717, 1.165) is 24.2 Å². The Morgan fingerprint density at radius 1 is 1.33 bits per heavy atom. The van der Waals surface area contributed by atoms with Crippen molar-refractivity contribution in [1.29, 1.82) is 0 Å². The molecular formula is C17H27N3O3S. The standard InChI is InChI=1S/C17H27N3O3S/c1-3-9-23-12-15-7-5-4-6-14(15)11-19-17(18-2)20-16-8-10-24(21,22)13-16/h4-7,16H,3,8-13H2,1-2H3,(H2,18,19,20). The Hall–Kier alpha value is -1.60. The van der Waals surface area contributed by atoms with E-state index in [0.29, 0.717) is 25.5 Å². The third-order valence-electron chi connectivity index (χ3n) is 3.97. The van der Waals surface area contributed by atoms with Gasteiger partial charge in [-0.05, 0) is 24.0 Å². The average Bonchev–Trinajstić information content (AvgIpc) is 2.91. The molecule has 6 nitrogen and oxygen atoms in total. The number of hydrogen-bond donors (Lipinski definition) is 2. The van der Waals surface area contributed by atoms with E-state index in [1.807, 2.05) is 12.1 Å². The van der Waals surface area contributed by atoms with Gasteiger partial charge < -0.3 is 15.4 Å². The van der Waals surface area contributed by atoms with Crippen molar-refractivity contribution in [1.82, 2.24) is 10.6 Å². The van der Waals surface area contributed by atoms with E-state index in [1.54, 1.807) is 7.05 Å². The second-order valence-electron chi connectivity index (χ2n) is 5.99. The number of nitrogens with one attached hydrogen (secondary N) is 2. The quantitative estimate of drug-likeness (QED) is 0.441. The molecule has 0 spiro atoms. The third-order valence-corrected chi connectivity index (χ3v) is 5.74. The normalized spacial score (nSPS) is 20.1. The predicted molar refractivity (Wildman–Crippen MR) is 96.8 cm³/mol. The Labute approximate surface area is 144 Å². The van der Waals surface area contributed by atoms with Gasteiger partial charge in [-0.15, -0.1) is 0 Å². The van der Waals surface area contributed by atoms with E-state index in [2.05, 4.69) is 34.7 Å². The molecule has 1 fully saturated rings. The molecule has 1 heterocycles. The Balaban J connectivity index is 1.89. The molecule has 0 amide bonds. The number of guanidine groups is 1. The summed E-state index contributed by atoms with van der Waals surface area (Å²) >= 11 is 0. The summed E-state index contributed by atoms with van der Waals surface area (Å²) in [5, 5.41) is 6.45. The molecule has 0 radical (unpaired) electrons. The van der Waals surface area contributed by atoms with E-state index in [9.17, 15) is 8.42 Å². The van der Waals surface area contributed by atoms with Crippen molar-refractivity contribution < 1.29 is 13.2 Å². The Morgan fingerprint density at radius 3 is 2.71 bits per heavy atom. The second-order valence-corrected chi connectivity index (χ2v) is 8.22. The summed E-state index contributed by atoms with van der Waals surface area (Å²) in [5.74, 6) is 1.05. The van der Waals surface area contributed by atoms with Crippen LogP contribution in [0.2, 0.25) is 0 Å². The first-order valence-corrected chi connectivity index (χ1v) is 10.2. The minimum atomic E-state index is -2.90. The number of sulfone groups is 1. The summed E-state index contributed by atoms with van der Waals surface area (Å²) in [4.78, 5) is 4.19. The smallest absolute Gasteiger partial charge is 0.191 e. The lowest BCUT2D eigenvalue weighted by Crippen LogP contribution is -2.43. The Morgan fingerprint density at radius 2 is 2.08 bits per heavy atom. The monoisotopic (exact) mass is 353 g/mol. The molecule has 24 heavy (non-hydrogen) atoms. The van der Waals surface area contributed by atoms with Crippen LogP contribution in [0.5, 0.6) is 0 Å². The van der Waals surface area contributed by atoms with E-state index in [4.69, 9.17) is 4.74 Å². The van der Waals surface area contributed by atoms with Gasteiger partial charge in [-0.3, -0.25) is 4.99 Å². The summed E-state index contributed by atoms with van der Waals surface area (Å²) in [6.45, 7) is 4.05. The fourth-order valence-electron chi connectivity index (χ4n) is 2.67. The molecule has 1 aliphatic heterocycles. The van der Waals surface area contributed by atoms with Gasteiger partial charge in [0, 0.05) is 26.2 Å². The van der Waals surface area contributed by atoms with Crippen molar-refractivity contribution in [3.63, 3.8) is 0 Å². The highest BCUT2D eigenvalue weighted by Crippen LogP contribution is 2.12. The van der Waals surface area contributed by atoms with Crippen LogP contribution in [0.3, 0.4) is 0 Å². The number of benzene rings is 1. The molecule has 134 valence electrons. The highest BCUT2D eigenvalue weighted by atomic mass is 32.2. The van der Waals surface area contributed by atoms with Crippen LogP contribution in [0.1, 0.15) is 30.9 Å². The van der Waals surface area contributed by atoms with Crippen molar-refractivity contribution in [3.05, 3.63) is 35.4 Å². The van der Waals surface area contributed by atoms with E-state index >= 15 is 0 Å². The molecule has 1 unspecified atom stereocenters. The average molecular weight is 353 g/mol. The maximum atomic E-state index is 11.5. The lowest BCUT2D eigenvalue weighted by molar-refractivity contribution is 0.121. The first-order valence-electron chi connectivity index (χ1n) is 8.36. The van der Waals surface area contributed by atoms with Crippen LogP contribution in [-0.4, -0.2) is 45.6 Å². The molecule has 1 aliphatic rings. The van der Waals surface area contributed by atoms with Crippen LogP contribution in [-0.2, 0) is 27.7 Å². The fraction of sp³-hybridized carbons (Fsp3) is 0.588. The predicted octanol–water partition coefficient (Wildman–Crippen LogP) is 1.47. The minimum Gasteiger partial charge on any atom is -0.377 e. The summed E-state index contributed by atoms with van der Waals surface area (Å²) < 4.78 is 28.7. The van der Waals surface area contributed by atoms with Gasteiger partial charge in [0.2, 0.25) is 0 Å². The number of ether oxygens (including phenoxy) is 1. The lowest BCUT2D eigenvalue weighted by Gasteiger charge is -2.17. The zero-order valence-electron chi connectivity index (χ0n) is 14.4. The van der Waals surface area contributed by atoms with Crippen molar-refractivity contribution in [2.45, 2.75) is 39.0 Å². The van der Waals surface area contributed by atoms with Gasteiger partial charge in [0.25, 0.3) is 0 Å². The summed E-state index contributed by atoms with van der Waals surface area (Å²) in [5.41, 5.74) is 2.30. The molecule has 7 heteroatoms. The van der Waals surface area contributed by atoms with Gasteiger partial charge >= 0.3 is 0 Å². The van der Waals surface area contributed by atoms with Crippen LogP contribution < -0.4 is 10.6 Å². The van der Waals surface area contributed by atoms with Gasteiger partial charge in [-0.25, -0.2) is 8.42 Å². The first kappa shape index (κ1) is 18.7. The van der Waals surface area contributed by atoms with E-state index in [-0.39, 0.29) is 17.5 Å². The highest BCUT2D eigenvalue weighted by Gasteiger charge is 2.28. The van der Waals surface area contributed by atoms with E-state index in [1.165, 1.54) is 0 Å². The van der Waals surface area contributed by atoms with Crippen molar-refractivity contribution in [2.75, 3.05) is 25.2 Å². The van der Waals surface area contributed by atoms with Gasteiger partial charge in [-0.2, -0.15) is 0 Å². The summed E-state index contributed by atoms with van der Waals surface area (Å²) in [7, 11) is -1.21. The number of rotatable bonds is 7. The molecule has 0 aliphatic carbocycles. The van der Waals surface area contributed by atoms with Crippen LogP contribution >= 0.6 is 0 Å². The largest absolute Gasteiger partial charge is 0.377 e. The highest BCUT2D eigenvalue weighted by molar-refractivity contribution is 7.91. The van der Waals surface area contributed by atoms with Crippen molar-refractivity contribution in [2.24, 2.45) is 4.99 Å². The van der Waals surface area contributed by atoms with Crippen LogP contribution in [0.15, 0.2) is 29.3 Å². The van der Waals surface area contributed by atoms with Gasteiger partial charge in [0.15, 0.2) is 15.8 Å². The van der Waals surface area contributed by atoms with Crippen LogP contribution in [0.4, 0.5) is 0 Å². The summed E-state index contributed by atoms with van der Waals surface area (Å²) in [6, 6.07) is 8.06. The Bertz CT molecular complexity index is 659. The molecular weight excluding hydrogens is 326 g/mol. The van der Waals surface area contributed by atoms with Gasteiger partial charge in [0.05, 0.1) is 18.1 Å². The number of aliphatic imine (C=N–C) groups is 1. The van der Waals surface area contributed by atoms with Gasteiger partial charge in [-0.1, -0.05) is 31.2 Å². The Kier molecular flexibility index (Phi) is 7.05. The summed E-state index contributed by atoms with van der Waals surface area (Å²) in [6.07, 6.45) is 1.63. The molecule has 0 saturated carbocycles. The maximum absolute atomic E-state index is 11.5. The van der Waals surface area contributed by atoms with E-state index < -0.39 is 9.84 Å². The van der Waals surface area contributed by atoms with Crippen LogP contribution in [0.25, 0.3) is 0 Å². The molecule has 0 aromatic heterocycles. The zero-order valence-corrected chi connectivity index (χ0v) is 15.2. The molecule has 2 rings (SSSR count). The topological polar surface area (TPSA) is 79.8 Å². The molecule has 1 saturated heterocycles. The molecule has 2 N–H and O–H groups in total. The number of hydrogen-bond acceptors (Lipinski definition) is 4. The SMILES string of the molecule is CCCOCc1ccccc1CNC(=NC)NC1CCS(=O)(=O)C1. The van der Waals surface area contributed by atoms with Crippen molar-refractivity contribution in [3.8, 4) is 0 Å². The van der Waals surface area contributed by atoms with Crippen molar-refractivity contribution >= 4 is 15.8 Å². The van der Waals surface area contributed by atoms with Crippen LogP contribution in [0, 0.1) is 0 Å². The molecule has 1 aromatic rings. The molecule has 0 bridgehead atoms.